The first-order valence-corrected chi connectivity index (χ1v) is 4.07. The fraction of sp³-hybridized carbons (Fsp3) is 0.667. The molecule has 12 heavy (non-hydrogen) atoms. The molecule has 0 unspecified atom stereocenters. The number of hydrogen-bond donors (Lipinski definition) is 0. The third-order valence-corrected chi connectivity index (χ3v) is 1.42. The fourth-order valence-electron chi connectivity index (χ4n) is 0.699. The topological polar surface area (TPSA) is 43.4 Å². The van der Waals surface area contributed by atoms with Crippen LogP contribution in [-0.4, -0.2) is 18.4 Å². The normalized spacial score (nSPS) is 10.0. The quantitative estimate of drug-likeness (QED) is 0.589. The molecule has 3 heteroatoms. The number of esters is 1. The zero-order valence-electron chi connectivity index (χ0n) is 7.85. The van der Waals surface area contributed by atoms with E-state index in [1.54, 1.807) is 20.8 Å². The van der Waals surface area contributed by atoms with Crippen molar-refractivity contribution in [1.82, 2.24) is 0 Å². The molecule has 0 saturated heterocycles. The molecule has 0 N–H and O–H groups in total. The van der Waals surface area contributed by atoms with Gasteiger partial charge in [0.05, 0.1) is 13.0 Å². The van der Waals surface area contributed by atoms with Crippen molar-refractivity contribution in [3.05, 3.63) is 5.92 Å². The lowest BCUT2D eigenvalue weighted by atomic mass is 10.1. The highest BCUT2D eigenvalue weighted by molar-refractivity contribution is 5.92. The Labute approximate surface area is 73.1 Å². The molecule has 0 spiro atoms. The van der Waals surface area contributed by atoms with Gasteiger partial charge in [0.1, 0.15) is 5.78 Å². The van der Waals surface area contributed by atoms with Crippen molar-refractivity contribution in [1.29, 1.82) is 0 Å². The van der Waals surface area contributed by atoms with E-state index in [4.69, 9.17) is 0 Å². The van der Waals surface area contributed by atoms with Crippen LogP contribution in [0.15, 0.2) is 0 Å². The van der Waals surface area contributed by atoms with Gasteiger partial charge in [-0.3, -0.25) is 9.59 Å². The summed E-state index contributed by atoms with van der Waals surface area (Å²) in [6, 6.07) is 0. The number of carbonyl (C=O) groups is 2. The summed E-state index contributed by atoms with van der Waals surface area (Å²) in [5.41, 5.74) is 0. The van der Waals surface area contributed by atoms with Crippen molar-refractivity contribution in [3.63, 3.8) is 0 Å². The van der Waals surface area contributed by atoms with E-state index in [2.05, 4.69) is 4.74 Å². The molecule has 1 radical (unpaired) electrons. The molecule has 0 fully saturated rings. The maximum atomic E-state index is 11.0. The molecule has 69 valence electrons. The van der Waals surface area contributed by atoms with E-state index in [-0.39, 0.29) is 24.6 Å². The Morgan fingerprint density at radius 1 is 1.17 bits per heavy atom. The average molecular weight is 171 g/mol. The second-order valence-corrected chi connectivity index (χ2v) is 2.73. The van der Waals surface area contributed by atoms with Gasteiger partial charge in [-0.05, 0) is 6.92 Å². The van der Waals surface area contributed by atoms with Crippen LogP contribution in [0.5, 0.6) is 0 Å². The number of ether oxygens (including phenoxy) is 1. The number of ketones is 1. The van der Waals surface area contributed by atoms with Gasteiger partial charge < -0.3 is 4.74 Å². The first kappa shape index (κ1) is 11.1. The Balaban J connectivity index is 3.54. The van der Waals surface area contributed by atoms with Gasteiger partial charge in [-0.1, -0.05) is 13.8 Å². The summed E-state index contributed by atoms with van der Waals surface area (Å²) in [5.74, 6) is 0.467. The minimum Gasteiger partial charge on any atom is -0.466 e. The van der Waals surface area contributed by atoms with Gasteiger partial charge in [0.15, 0.2) is 0 Å². The smallest absolute Gasteiger partial charge is 0.306 e. The first-order chi connectivity index (χ1) is 5.57. The van der Waals surface area contributed by atoms with E-state index < -0.39 is 0 Å². The van der Waals surface area contributed by atoms with E-state index >= 15 is 0 Å². The van der Waals surface area contributed by atoms with Crippen molar-refractivity contribution in [2.24, 2.45) is 0 Å². The fourth-order valence-corrected chi connectivity index (χ4v) is 0.699. The predicted molar refractivity (Wildman–Crippen MR) is 45.5 cm³/mol. The monoisotopic (exact) mass is 171 g/mol. The molecule has 0 atom stereocenters. The van der Waals surface area contributed by atoms with Crippen LogP contribution in [0.25, 0.3) is 0 Å². The Hall–Kier alpha value is -0.860. The van der Waals surface area contributed by atoms with Crippen LogP contribution in [0.2, 0.25) is 0 Å². The molecule has 0 amide bonds. The van der Waals surface area contributed by atoms with Crippen LogP contribution < -0.4 is 0 Å². The summed E-state index contributed by atoms with van der Waals surface area (Å²) in [7, 11) is 0. The molecular weight excluding hydrogens is 156 g/mol. The van der Waals surface area contributed by atoms with Gasteiger partial charge in [0, 0.05) is 12.3 Å². The number of Topliss-reactive ketones (excluding diaryl/α,β-unsaturated/α-hetero) is 1. The highest BCUT2D eigenvalue weighted by Gasteiger charge is 2.10. The van der Waals surface area contributed by atoms with Crippen molar-refractivity contribution in [2.45, 2.75) is 33.6 Å². The van der Waals surface area contributed by atoms with Crippen molar-refractivity contribution >= 4 is 11.8 Å². The second kappa shape index (κ2) is 5.75. The van der Waals surface area contributed by atoms with E-state index in [1.807, 2.05) is 0 Å². The lowest BCUT2D eigenvalue weighted by Gasteiger charge is -2.02. The molecule has 3 nitrogen and oxygen atoms in total. The molecule has 0 aromatic carbocycles. The predicted octanol–water partition coefficient (Wildman–Crippen LogP) is 1.51. The van der Waals surface area contributed by atoms with E-state index in [9.17, 15) is 9.59 Å². The molecule has 0 aromatic rings. The van der Waals surface area contributed by atoms with Gasteiger partial charge in [-0.2, -0.15) is 0 Å². The Kier molecular flexibility index (Phi) is 5.34. The zero-order chi connectivity index (χ0) is 9.56. The van der Waals surface area contributed by atoms with Gasteiger partial charge in [-0.15, -0.1) is 0 Å². The standard InChI is InChI=1S/C9H15O3/c1-4-12-9(11)6-5-8(10)7(2)3/h4-6H2,1-3H3. The largest absolute Gasteiger partial charge is 0.466 e. The molecule has 0 aliphatic heterocycles. The van der Waals surface area contributed by atoms with Crippen LogP contribution in [0.4, 0.5) is 0 Å². The third kappa shape index (κ3) is 4.88. The molecule has 0 bridgehead atoms. The minimum atomic E-state index is -0.299. The molecule has 0 saturated carbocycles. The summed E-state index contributed by atoms with van der Waals surface area (Å²) in [6.07, 6.45) is 0.457. The molecule has 0 aliphatic carbocycles. The second-order valence-electron chi connectivity index (χ2n) is 2.73. The first-order valence-electron chi connectivity index (χ1n) is 4.07. The van der Waals surface area contributed by atoms with Gasteiger partial charge in [0.25, 0.3) is 0 Å². The molecule has 0 heterocycles. The average Bonchev–Trinajstić information content (AvgIpc) is 2.00. The highest BCUT2D eigenvalue weighted by Crippen LogP contribution is 2.04. The summed E-state index contributed by atoms with van der Waals surface area (Å²) < 4.78 is 4.67. The molecule has 0 aliphatic rings. The van der Waals surface area contributed by atoms with E-state index in [1.165, 1.54) is 0 Å². The lowest BCUT2D eigenvalue weighted by molar-refractivity contribution is -0.144. The lowest BCUT2D eigenvalue weighted by Crippen LogP contribution is -2.10. The van der Waals surface area contributed by atoms with Gasteiger partial charge in [-0.25, -0.2) is 0 Å². The summed E-state index contributed by atoms with van der Waals surface area (Å²) >= 11 is 0. The number of carbonyl (C=O) groups excluding carboxylic acids is 2. The Morgan fingerprint density at radius 2 is 1.75 bits per heavy atom. The molecule has 0 aromatic heterocycles. The molecular formula is C9H15O3. The van der Waals surface area contributed by atoms with Gasteiger partial charge >= 0.3 is 5.97 Å². The number of hydrogen-bond acceptors (Lipinski definition) is 3. The van der Waals surface area contributed by atoms with E-state index in [0.29, 0.717) is 6.61 Å². The maximum absolute atomic E-state index is 11.0. The third-order valence-electron chi connectivity index (χ3n) is 1.42. The van der Waals surface area contributed by atoms with Crippen LogP contribution in [0.3, 0.4) is 0 Å². The highest BCUT2D eigenvalue weighted by atomic mass is 16.5. The van der Waals surface area contributed by atoms with Crippen LogP contribution in [0.1, 0.15) is 33.6 Å². The molecule has 0 rings (SSSR count). The van der Waals surface area contributed by atoms with Crippen LogP contribution in [-0.2, 0) is 14.3 Å². The maximum Gasteiger partial charge on any atom is 0.306 e. The minimum absolute atomic E-state index is 0.0306. The SMILES string of the molecule is CCOC(=O)CCC(=O)[C](C)C. The zero-order valence-corrected chi connectivity index (χ0v) is 7.85. The van der Waals surface area contributed by atoms with Gasteiger partial charge in [0.2, 0.25) is 0 Å². The van der Waals surface area contributed by atoms with Crippen molar-refractivity contribution in [2.75, 3.05) is 6.61 Å². The summed E-state index contributed by atoms with van der Waals surface area (Å²) in [4.78, 5) is 21.8. The Morgan fingerprint density at radius 3 is 2.17 bits per heavy atom. The van der Waals surface area contributed by atoms with Crippen LogP contribution in [0, 0.1) is 5.92 Å². The van der Waals surface area contributed by atoms with Crippen molar-refractivity contribution in [3.8, 4) is 0 Å². The number of rotatable bonds is 5. The van der Waals surface area contributed by atoms with Crippen molar-refractivity contribution < 1.29 is 14.3 Å². The Bertz CT molecular complexity index is 161. The van der Waals surface area contributed by atoms with Crippen LogP contribution >= 0.6 is 0 Å². The summed E-state index contributed by atoms with van der Waals surface area (Å²) in [5, 5.41) is 0. The van der Waals surface area contributed by atoms with E-state index in [0.717, 1.165) is 5.92 Å². The summed E-state index contributed by atoms with van der Waals surface area (Å²) in [6.45, 7) is 5.61.